The lowest BCUT2D eigenvalue weighted by Gasteiger charge is -2.36. The molecule has 1 aromatic heterocycles. The first kappa shape index (κ1) is 12.2. The zero-order valence-electron chi connectivity index (χ0n) is 10.9. The van der Waals surface area contributed by atoms with Crippen molar-refractivity contribution in [2.75, 3.05) is 0 Å². The molecule has 1 unspecified atom stereocenters. The number of carbonyl (C=O) groups excluding carboxylic acids is 1. The largest absolute Gasteiger partial charge is 0.389 e. The minimum atomic E-state index is -0.850. The van der Waals surface area contributed by atoms with Crippen LogP contribution in [0.15, 0.2) is 6.33 Å². The number of aliphatic hydroxyl groups excluding tert-OH is 2. The highest BCUT2D eigenvalue weighted by atomic mass is 16.3. The summed E-state index contributed by atoms with van der Waals surface area (Å²) < 4.78 is 1.96. The van der Waals surface area contributed by atoms with Gasteiger partial charge in [-0.1, -0.05) is 0 Å². The number of rotatable bonds is 1. The molecule has 5 atom stereocenters. The van der Waals surface area contributed by atoms with Gasteiger partial charge in [0.25, 0.3) is 0 Å². The Morgan fingerprint density at radius 2 is 2.25 bits per heavy atom. The van der Waals surface area contributed by atoms with E-state index < -0.39 is 12.2 Å². The monoisotopic (exact) mass is 279 g/mol. The molecule has 4 rings (SSSR count). The third-order valence-corrected chi connectivity index (χ3v) is 4.72. The molecular formula is C12H17N5O3. The third kappa shape index (κ3) is 1.62. The number of nitrogens with zero attached hydrogens (tertiary/aromatic N) is 4. The Morgan fingerprint density at radius 1 is 1.40 bits per heavy atom. The summed E-state index contributed by atoms with van der Waals surface area (Å²) in [5, 5.41) is 29.1. The second kappa shape index (κ2) is 4.24. The van der Waals surface area contributed by atoms with E-state index >= 15 is 0 Å². The van der Waals surface area contributed by atoms with E-state index in [1.54, 1.807) is 6.33 Å². The molecular weight excluding hydrogens is 262 g/mol. The number of amides is 1. The van der Waals surface area contributed by atoms with Gasteiger partial charge < -0.3 is 14.8 Å². The molecule has 0 radical (unpaired) electrons. The third-order valence-electron chi connectivity index (χ3n) is 4.72. The Morgan fingerprint density at radius 3 is 3.00 bits per heavy atom. The van der Waals surface area contributed by atoms with E-state index in [4.69, 9.17) is 0 Å². The number of nitrogens with one attached hydrogen (secondary N) is 1. The van der Waals surface area contributed by atoms with Crippen molar-refractivity contribution < 1.29 is 15.0 Å². The zero-order valence-corrected chi connectivity index (χ0v) is 10.9. The molecule has 0 spiro atoms. The predicted molar refractivity (Wildman–Crippen MR) is 66.0 cm³/mol. The number of aliphatic hydroxyl groups is 2. The molecule has 3 N–H and O–H groups in total. The van der Waals surface area contributed by atoms with Crippen LogP contribution < -0.4 is 5.43 Å². The van der Waals surface area contributed by atoms with Crippen molar-refractivity contribution in [3.05, 3.63) is 12.2 Å². The van der Waals surface area contributed by atoms with E-state index in [-0.39, 0.29) is 23.9 Å². The lowest BCUT2D eigenvalue weighted by molar-refractivity contribution is -0.149. The fourth-order valence-electron chi connectivity index (χ4n) is 3.54. The zero-order chi connectivity index (χ0) is 13.9. The van der Waals surface area contributed by atoms with Gasteiger partial charge >= 0.3 is 0 Å². The smallest absolute Gasteiger partial charge is 0.240 e. The number of hydrazine groups is 1. The van der Waals surface area contributed by atoms with Gasteiger partial charge in [0.2, 0.25) is 5.91 Å². The number of fused-ring (bicyclic) bond motifs is 3. The van der Waals surface area contributed by atoms with E-state index in [9.17, 15) is 15.0 Å². The Hall–Kier alpha value is -1.51. The molecule has 2 aliphatic heterocycles. The van der Waals surface area contributed by atoms with Crippen LogP contribution in [0.2, 0.25) is 0 Å². The van der Waals surface area contributed by atoms with Gasteiger partial charge in [-0.15, -0.1) is 10.2 Å². The van der Waals surface area contributed by atoms with Crippen molar-refractivity contribution in [3.63, 3.8) is 0 Å². The van der Waals surface area contributed by atoms with Crippen LogP contribution in [0.1, 0.15) is 18.7 Å². The van der Waals surface area contributed by atoms with E-state index in [0.717, 1.165) is 18.8 Å². The second-order valence-corrected chi connectivity index (χ2v) is 5.86. The summed E-state index contributed by atoms with van der Waals surface area (Å²) in [6.45, 7) is 0.742. The van der Waals surface area contributed by atoms with Crippen molar-refractivity contribution in [1.29, 1.82) is 0 Å². The second-order valence-electron chi connectivity index (χ2n) is 5.86. The molecule has 8 nitrogen and oxygen atoms in total. The highest BCUT2D eigenvalue weighted by molar-refractivity contribution is 5.79. The fourth-order valence-corrected chi connectivity index (χ4v) is 3.54. The van der Waals surface area contributed by atoms with Crippen LogP contribution >= 0.6 is 0 Å². The van der Waals surface area contributed by atoms with Crippen LogP contribution in [0.3, 0.4) is 0 Å². The van der Waals surface area contributed by atoms with Gasteiger partial charge in [0.05, 0.1) is 18.2 Å². The minimum Gasteiger partial charge on any atom is -0.389 e. The fraction of sp³-hybridized carbons (Fsp3) is 0.750. The van der Waals surface area contributed by atoms with Crippen LogP contribution in [-0.2, 0) is 17.8 Å². The molecule has 1 aromatic rings. The van der Waals surface area contributed by atoms with Gasteiger partial charge in [-0.3, -0.25) is 9.80 Å². The highest BCUT2D eigenvalue weighted by Crippen LogP contribution is 2.33. The van der Waals surface area contributed by atoms with Gasteiger partial charge in [-0.05, 0) is 12.8 Å². The highest BCUT2D eigenvalue weighted by Gasteiger charge is 2.53. The predicted octanol–water partition coefficient (Wildman–Crippen LogP) is -1.95. The van der Waals surface area contributed by atoms with Gasteiger partial charge in [-0.25, -0.2) is 5.43 Å². The topological polar surface area (TPSA) is 104 Å². The molecule has 1 saturated heterocycles. The lowest BCUT2D eigenvalue weighted by Crippen LogP contribution is -2.60. The van der Waals surface area contributed by atoms with Crippen LogP contribution in [0.25, 0.3) is 0 Å². The Kier molecular flexibility index (Phi) is 2.60. The van der Waals surface area contributed by atoms with Gasteiger partial charge in [0.1, 0.15) is 18.3 Å². The summed E-state index contributed by atoms with van der Waals surface area (Å²) in [5.41, 5.74) is 3.02. The number of hydrogen-bond donors (Lipinski definition) is 3. The average molecular weight is 279 g/mol. The first-order valence-corrected chi connectivity index (χ1v) is 6.97. The van der Waals surface area contributed by atoms with Gasteiger partial charge in [0.15, 0.2) is 0 Å². The number of aromatic nitrogens is 3. The summed E-state index contributed by atoms with van der Waals surface area (Å²) in [6.07, 6.45) is 1.99. The normalized spacial score (nSPS) is 39.1. The Balaban J connectivity index is 1.50. The van der Waals surface area contributed by atoms with Crippen LogP contribution in [-0.4, -0.2) is 60.2 Å². The minimum absolute atomic E-state index is 0.0160. The summed E-state index contributed by atoms with van der Waals surface area (Å²) in [6, 6.07) is -0.534. The summed E-state index contributed by atoms with van der Waals surface area (Å²) in [4.78, 5) is 12.6. The molecule has 1 amide bonds. The SMILES string of the molecule is O=C(C1CCn2cnnc2C1)N1N[C@@H]2C[C@H]1[C@@H](O)[C@H]2O. The van der Waals surface area contributed by atoms with Crippen molar-refractivity contribution >= 4 is 5.91 Å². The van der Waals surface area contributed by atoms with Crippen molar-refractivity contribution in [2.45, 2.75) is 50.1 Å². The maximum atomic E-state index is 12.6. The van der Waals surface area contributed by atoms with Crippen molar-refractivity contribution in [1.82, 2.24) is 25.2 Å². The van der Waals surface area contributed by atoms with E-state index in [2.05, 4.69) is 15.6 Å². The Labute approximate surface area is 115 Å². The number of aryl methyl sites for hydroxylation is 1. The molecule has 8 heteroatoms. The first-order valence-electron chi connectivity index (χ1n) is 6.97. The maximum Gasteiger partial charge on any atom is 0.240 e. The summed E-state index contributed by atoms with van der Waals surface area (Å²) >= 11 is 0. The molecule has 2 fully saturated rings. The Bertz CT molecular complexity index is 545. The molecule has 3 aliphatic rings. The molecule has 1 aliphatic carbocycles. The molecule has 2 bridgehead atoms. The van der Waals surface area contributed by atoms with Crippen LogP contribution in [0.4, 0.5) is 0 Å². The summed E-state index contributed by atoms with van der Waals surface area (Å²) in [5.74, 6) is 0.681. The molecule has 20 heavy (non-hydrogen) atoms. The van der Waals surface area contributed by atoms with Crippen LogP contribution in [0.5, 0.6) is 0 Å². The number of hydrogen-bond acceptors (Lipinski definition) is 6. The summed E-state index contributed by atoms with van der Waals surface area (Å²) in [7, 11) is 0. The number of carbonyl (C=O) groups is 1. The van der Waals surface area contributed by atoms with Crippen LogP contribution in [0, 0.1) is 5.92 Å². The standard InChI is InChI=1S/C12H17N5O3/c18-10-7-4-8(11(10)19)17(15-7)12(20)6-1-2-16-5-13-14-9(16)3-6/h5-8,10-11,15,18-19H,1-4H2/t6?,7-,8+,10+,11-/m1/s1. The molecule has 108 valence electrons. The molecule has 1 saturated carbocycles. The quantitative estimate of drug-likeness (QED) is 0.552. The average Bonchev–Trinajstić information content (AvgIpc) is 3.14. The van der Waals surface area contributed by atoms with E-state index in [1.165, 1.54) is 5.01 Å². The van der Waals surface area contributed by atoms with E-state index in [0.29, 0.717) is 12.8 Å². The first-order chi connectivity index (χ1) is 9.65. The van der Waals surface area contributed by atoms with Crippen molar-refractivity contribution in [2.24, 2.45) is 5.92 Å². The van der Waals surface area contributed by atoms with Gasteiger partial charge in [-0.2, -0.15) is 0 Å². The maximum absolute atomic E-state index is 12.6. The van der Waals surface area contributed by atoms with E-state index in [1.807, 2.05) is 4.57 Å². The van der Waals surface area contributed by atoms with Crippen molar-refractivity contribution in [3.8, 4) is 0 Å². The molecule has 0 aromatic carbocycles. The van der Waals surface area contributed by atoms with Gasteiger partial charge in [0, 0.05) is 18.9 Å². The molecule has 3 heterocycles. The lowest BCUT2D eigenvalue weighted by atomic mass is 9.96.